The number of hydrogen-bond donors (Lipinski definition) is 5. The average molecular weight is 455 g/mol. The van der Waals surface area contributed by atoms with Crippen LogP contribution in [-0.4, -0.2) is 62.6 Å². The number of rotatable bonds is 9. The van der Waals surface area contributed by atoms with Crippen LogP contribution in [0.4, 0.5) is 4.39 Å². The molecule has 0 aromatic carbocycles. The Kier molecular flexibility index (Phi) is 10.6. The topological polar surface area (TPSA) is 98.8 Å². The maximum Gasteiger partial charge on any atom is 0.229 e. The molecular weight excluding hydrogens is 411 g/mol. The fourth-order valence-electron chi connectivity index (χ4n) is 5.03. The first-order chi connectivity index (χ1) is 15.6. The van der Waals surface area contributed by atoms with Crippen molar-refractivity contribution in [2.45, 2.75) is 96.1 Å². The van der Waals surface area contributed by atoms with Gasteiger partial charge in [0.2, 0.25) is 5.91 Å². The molecule has 2 saturated heterocycles. The maximum absolute atomic E-state index is 13.5. The van der Waals surface area contributed by atoms with Crippen molar-refractivity contribution in [1.29, 1.82) is 0 Å². The second kappa shape index (κ2) is 13.4. The molecule has 1 saturated carbocycles. The number of hydrogen-bond acceptors (Lipinski definition) is 6. The first-order valence-corrected chi connectivity index (χ1v) is 12.7. The van der Waals surface area contributed by atoms with E-state index < -0.39 is 6.17 Å². The summed E-state index contributed by atoms with van der Waals surface area (Å²) in [6.45, 7) is 6.96. The predicted octanol–water partition coefficient (Wildman–Crippen LogP) is 1.97. The van der Waals surface area contributed by atoms with Crippen LogP contribution in [0.15, 0.2) is 4.99 Å². The molecule has 1 amide bonds. The van der Waals surface area contributed by atoms with Crippen LogP contribution in [0.5, 0.6) is 0 Å². The van der Waals surface area contributed by atoms with Gasteiger partial charge in [-0.25, -0.2) is 9.82 Å². The number of carbonyl (C=O) groups is 1. The summed E-state index contributed by atoms with van der Waals surface area (Å²) in [6, 6.07) is 0.713. The van der Waals surface area contributed by atoms with Crippen molar-refractivity contribution in [2.75, 3.05) is 26.3 Å². The number of aliphatic imine (C=N–C) groups is 1. The van der Waals surface area contributed by atoms with Crippen molar-refractivity contribution in [3.05, 3.63) is 0 Å². The number of amides is 1. The van der Waals surface area contributed by atoms with Crippen LogP contribution in [-0.2, 0) is 9.53 Å². The Hall–Kier alpha value is -1.29. The molecule has 32 heavy (non-hydrogen) atoms. The largest absolute Gasteiger partial charge is 0.382 e. The highest BCUT2D eigenvalue weighted by molar-refractivity contribution is 5.98. The first-order valence-electron chi connectivity index (χ1n) is 12.7. The summed E-state index contributed by atoms with van der Waals surface area (Å²) in [5.41, 5.74) is 6.68. The number of guanidine groups is 1. The fourth-order valence-corrected chi connectivity index (χ4v) is 5.03. The van der Waals surface area contributed by atoms with E-state index in [1.807, 2.05) is 6.92 Å². The van der Waals surface area contributed by atoms with Gasteiger partial charge in [0.1, 0.15) is 6.17 Å². The number of carbonyl (C=O) groups excluding carboxylic acids is 1. The van der Waals surface area contributed by atoms with Crippen LogP contribution >= 0.6 is 0 Å². The van der Waals surface area contributed by atoms with Gasteiger partial charge in [-0.3, -0.25) is 20.5 Å². The van der Waals surface area contributed by atoms with Crippen molar-refractivity contribution < 1.29 is 13.9 Å². The molecule has 2 aliphatic heterocycles. The van der Waals surface area contributed by atoms with E-state index in [2.05, 4.69) is 38.7 Å². The zero-order chi connectivity index (χ0) is 22.8. The Balaban J connectivity index is 1.52. The van der Waals surface area contributed by atoms with Gasteiger partial charge in [-0.2, -0.15) is 0 Å². The van der Waals surface area contributed by atoms with E-state index in [-0.39, 0.29) is 18.0 Å². The maximum atomic E-state index is 13.5. The molecule has 3 rings (SSSR count). The summed E-state index contributed by atoms with van der Waals surface area (Å²) >= 11 is 0. The van der Waals surface area contributed by atoms with Crippen molar-refractivity contribution in [1.82, 2.24) is 26.8 Å². The zero-order valence-corrected chi connectivity index (χ0v) is 19.8. The van der Waals surface area contributed by atoms with Gasteiger partial charge in [-0.1, -0.05) is 6.92 Å². The first kappa shape index (κ1) is 25.3. The van der Waals surface area contributed by atoms with E-state index in [0.29, 0.717) is 56.6 Å². The van der Waals surface area contributed by atoms with Gasteiger partial charge in [0.25, 0.3) is 0 Å². The number of halogens is 1. The highest BCUT2D eigenvalue weighted by Gasteiger charge is 2.34. The number of piperidine rings is 1. The highest BCUT2D eigenvalue weighted by atomic mass is 19.1. The Morgan fingerprint density at radius 1 is 1.12 bits per heavy atom. The Morgan fingerprint density at radius 2 is 1.94 bits per heavy atom. The van der Waals surface area contributed by atoms with Gasteiger partial charge in [0, 0.05) is 37.8 Å². The third-order valence-electron chi connectivity index (χ3n) is 7.03. The molecule has 4 atom stereocenters. The van der Waals surface area contributed by atoms with Gasteiger partial charge < -0.3 is 15.4 Å². The van der Waals surface area contributed by atoms with Crippen molar-refractivity contribution in [3.63, 3.8) is 0 Å². The van der Waals surface area contributed by atoms with Gasteiger partial charge >= 0.3 is 0 Å². The number of hydrazine groups is 1. The second-order valence-corrected chi connectivity index (χ2v) is 9.39. The van der Waals surface area contributed by atoms with Crippen molar-refractivity contribution >= 4 is 11.9 Å². The molecule has 184 valence electrons. The molecule has 5 N–H and O–H groups in total. The lowest BCUT2D eigenvalue weighted by Gasteiger charge is -2.29. The van der Waals surface area contributed by atoms with Crippen LogP contribution in [0.3, 0.4) is 0 Å². The molecule has 0 radical (unpaired) electrons. The fraction of sp³-hybridized carbons (Fsp3) is 0.913. The quantitative estimate of drug-likeness (QED) is 0.208. The van der Waals surface area contributed by atoms with E-state index in [1.54, 1.807) is 0 Å². The summed E-state index contributed by atoms with van der Waals surface area (Å²) in [5.74, 6) is 1.08. The molecule has 0 spiro atoms. The smallest absolute Gasteiger partial charge is 0.229 e. The molecule has 0 bridgehead atoms. The van der Waals surface area contributed by atoms with E-state index >= 15 is 0 Å². The van der Waals surface area contributed by atoms with Gasteiger partial charge in [-0.15, -0.1) is 0 Å². The summed E-state index contributed by atoms with van der Waals surface area (Å²) in [4.78, 5) is 17.6. The van der Waals surface area contributed by atoms with Crippen LogP contribution in [0.2, 0.25) is 0 Å². The molecule has 0 aromatic rings. The average Bonchev–Trinajstić information content (AvgIpc) is 3.27. The van der Waals surface area contributed by atoms with Crippen LogP contribution < -0.4 is 26.8 Å². The molecule has 1 aliphatic carbocycles. The molecule has 0 aromatic heterocycles. The zero-order valence-electron chi connectivity index (χ0n) is 19.8. The summed E-state index contributed by atoms with van der Waals surface area (Å²) in [5, 5.41) is 9.93. The van der Waals surface area contributed by atoms with Crippen LogP contribution in [0.25, 0.3) is 0 Å². The van der Waals surface area contributed by atoms with Crippen molar-refractivity contribution in [3.8, 4) is 0 Å². The standard InChI is InChI=1S/C23H43FN6O2/c1-3-19-14-17(10-12-25-19)22(31)28-23(26-11-5-13-32-4-2)27-21-15-20(29-30-21)16-6-8-18(24)9-7-16/h16-21,25,29-30H,3-15H2,1-2H3,(H2,26,27,28,31). The van der Waals surface area contributed by atoms with Gasteiger partial charge in [0.05, 0.1) is 6.17 Å². The molecule has 3 fully saturated rings. The molecule has 3 aliphatic rings. The van der Waals surface area contributed by atoms with E-state index in [9.17, 15) is 9.18 Å². The lowest BCUT2D eigenvalue weighted by atomic mass is 9.82. The summed E-state index contributed by atoms with van der Waals surface area (Å²) < 4.78 is 18.9. The van der Waals surface area contributed by atoms with Crippen LogP contribution in [0.1, 0.15) is 71.6 Å². The number of alkyl halides is 1. The lowest BCUT2D eigenvalue weighted by molar-refractivity contribution is -0.124. The number of ether oxygens (including phenoxy) is 1. The SMILES string of the molecule is CCOCCCN=C(NC(=O)C1CCNC(CC)C1)NC1CC(C2CCC(F)CC2)NN1. The predicted molar refractivity (Wildman–Crippen MR) is 125 cm³/mol. The van der Waals surface area contributed by atoms with E-state index in [1.165, 1.54) is 0 Å². The minimum atomic E-state index is -0.637. The molecule has 8 nitrogen and oxygen atoms in total. The van der Waals surface area contributed by atoms with E-state index in [4.69, 9.17) is 4.74 Å². The summed E-state index contributed by atoms with van der Waals surface area (Å²) in [6.07, 6.45) is 6.96. The molecule has 9 heteroatoms. The van der Waals surface area contributed by atoms with Crippen molar-refractivity contribution in [2.24, 2.45) is 16.8 Å². The third-order valence-corrected chi connectivity index (χ3v) is 7.03. The third kappa shape index (κ3) is 7.93. The monoisotopic (exact) mass is 454 g/mol. The molecule has 4 unspecified atom stereocenters. The number of nitrogens with zero attached hydrogens (tertiary/aromatic N) is 1. The molecular formula is C23H43FN6O2. The summed E-state index contributed by atoms with van der Waals surface area (Å²) in [7, 11) is 0. The minimum absolute atomic E-state index is 0.00919. The Labute approximate surface area is 192 Å². The number of nitrogens with one attached hydrogen (secondary N) is 5. The van der Waals surface area contributed by atoms with Gasteiger partial charge in [0.15, 0.2) is 5.96 Å². The molecule has 2 heterocycles. The Bertz CT molecular complexity index is 599. The Morgan fingerprint density at radius 3 is 2.69 bits per heavy atom. The second-order valence-electron chi connectivity index (χ2n) is 9.39. The van der Waals surface area contributed by atoms with Crippen LogP contribution in [0, 0.1) is 11.8 Å². The highest BCUT2D eigenvalue weighted by Crippen LogP contribution is 2.31. The van der Waals surface area contributed by atoms with Gasteiger partial charge in [-0.05, 0) is 77.2 Å². The lowest BCUT2D eigenvalue weighted by Crippen LogP contribution is -2.53. The minimum Gasteiger partial charge on any atom is -0.382 e. The van der Waals surface area contributed by atoms with E-state index in [0.717, 1.165) is 51.5 Å². The normalized spacial score (nSPS) is 33.8.